The summed E-state index contributed by atoms with van der Waals surface area (Å²) in [5.41, 5.74) is 1.56. The molecule has 5 amide bonds. The summed E-state index contributed by atoms with van der Waals surface area (Å²) in [6, 6.07) is 4.13. The maximum atomic E-state index is 13.2. The highest BCUT2D eigenvalue weighted by Gasteiger charge is 2.45. The van der Waals surface area contributed by atoms with Crippen LogP contribution in [-0.4, -0.2) is 154 Å². The second-order valence-electron chi connectivity index (χ2n) is 14.9. The number of piperidine rings is 2. The van der Waals surface area contributed by atoms with Crippen LogP contribution in [0, 0.1) is 0 Å². The average molecular weight is 870 g/mol. The summed E-state index contributed by atoms with van der Waals surface area (Å²) in [4.78, 5) is 71.8. The smallest absolute Gasteiger partial charge is 0.279 e. The second kappa shape index (κ2) is 22.8. The molecule has 0 spiro atoms. The Morgan fingerprint density at radius 3 is 2.10 bits per heavy atom. The molecular formula is C40H55N9O11S. The Balaban J connectivity index is 0.736. The molecule has 1 atom stereocenters. The fourth-order valence-corrected chi connectivity index (χ4v) is 8.64. The SMILES string of the molecule is O=C(/C=C\c1cnc(NC2CCN(S(=O)(=O)NCCOCCOCCOCCOCCNc3cccc4c3C(=O)N(C3CCC(=O)NC3=O)C4=O)CC2)nc1)NC1CCCC1. The van der Waals surface area contributed by atoms with E-state index >= 15 is 0 Å². The monoisotopic (exact) mass is 869 g/mol. The van der Waals surface area contributed by atoms with Crippen molar-refractivity contribution in [2.75, 3.05) is 89.7 Å². The summed E-state index contributed by atoms with van der Waals surface area (Å²) >= 11 is 0. The zero-order chi connectivity index (χ0) is 43.0. The number of ether oxygens (including phenoxy) is 4. The van der Waals surface area contributed by atoms with Crippen LogP contribution in [-0.2, 0) is 43.5 Å². The largest absolute Gasteiger partial charge is 0.382 e. The predicted octanol–water partition coefficient (Wildman–Crippen LogP) is 0.839. The molecule has 21 heteroatoms. The van der Waals surface area contributed by atoms with Gasteiger partial charge in [0.15, 0.2) is 0 Å². The van der Waals surface area contributed by atoms with Crippen LogP contribution in [0.25, 0.3) is 6.08 Å². The lowest BCUT2D eigenvalue weighted by molar-refractivity contribution is -0.136. The van der Waals surface area contributed by atoms with E-state index in [9.17, 15) is 32.4 Å². The van der Waals surface area contributed by atoms with Gasteiger partial charge in [0.05, 0.1) is 64.0 Å². The van der Waals surface area contributed by atoms with Crippen molar-refractivity contribution < 1.29 is 51.3 Å². The fourth-order valence-electron chi connectivity index (χ4n) is 7.43. The molecule has 1 unspecified atom stereocenters. The molecule has 6 rings (SSSR count). The number of imide groups is 2. The number of hydrogen-bond acceptors (Lipinski definition) is 15. The molecule has 332 valence electrons. The van der Waals surface area contributed by atoms with E-state index in [1.54, 1.807) is 30.6 Å². The number of nitrogens with one attached hydrogen (secondary N) is 5. The van der Waals surface area contributed by atoms with Gasteiger partial charge in [-0.25, -0.2) is 9.97 Å². The number of hydrogen-bond donors (Lipinski definition) is 5. The van der Waals surface area contributed by atoms with Crippen molar-refractivity contribution in [3.05, 3.63) is 53.4 Å². The van der Waals surface area contributed by atoms with Gasteiger partial charge in [-0.2, -0.15) is 17.4 Å². The summed E-state index contributed by atoms with van der Waals surface area (Å²) < 4.78 is 51.7. The van der Waals surface area contributed by atoms with Crippen LogP contribution >= 0.6 is 0 Å². The van der Waals surface area contributed by atoms with Gasteiger partial charge in [0.1, 0.15) is 6.04 Å². The van der Waals surface area contributed by atoms with E-state index in [0.29, 0.717) is 95.9 Å². The van der Waals surface area contributed by atoms with E-state index in [2.05, 4.69) is 36.0 Å². The minimum atomic E-state index is -3.65. The minimum Gasteiger partial charge on any atom is -0.382 e. The van der Waals surface area contributed by atoms with Crippen molar-refractivity contribution >= 4 is 57.5 Å². The Hall–Kier alpha value is -4.90. The number of aromatic nitrogens is 2. The molecule has 1 saturated carbocycles. The van der Waals surface area contributed by atoms with Gasteiger partial charge >= 0.3 is 0 Å². The molecular weight excluding hydrogens is 815 g/mol. The van der Waals surface area contributed by atoms with Crippen LogP contribution in [0.2, 0.25) is 0 Å². The summed E-state index contributed by atoms with van der Waals surface area (Å²) in [6.07, 6.45) is 12.2. The lowest BCUT2D eigenvalue weighted by atomic mass is 10.0. The Kier molecular flexibility index (Phi) is 17.1. The molecule has 2 saturated heterocycles. The van der Waals surface area contributed by atoms with Gasteiger partial charge in [-0.05, 0) is 50.3 Å². The highest BCUT2D eigenvalue weighted by Crippen LogP contribution is 2.32. The molecule has 4 heterocycles. The molecule has 1 aliphatic carbocycles. The maximum absolute atomic E-state index is 13.2. The molecule has 5 N–H and O–H groups in total. The second-order valence-corrected chi connectivity index (χ2v) is 16.7. The van der Waals surface area contributed by atoms with Crippen LogP contribution in [0.1, 0.15) is 77.6 Å². The third-order valence-electron chi connectivity index (χ3n) is 10.6. The summed E-state index contributed by atoms with van der Waals surface area (Å²) in [5, 5.41) is 11.6. The zero-order valence-electron chi connectivity index (χ0n) is 34.1. The van der Waals surface area contributed by atoms with Crippen molar-refractivity contribution in [2.24, 2.45) is 0 Å². The van der Waals surface area contributed by atoms with Gasteiger partial charge in [0, 0.05) is 74.4 Å². The lowest BCUT2D eigenvalue weighted by Crippen LogP contribution is -2.54. The molecule has 4 aliphatic rings. The van der Waals surface area contributed by atoms with E-state index in [4.69, 9.17) is 18.9 Å². The van der Waals surface area contributed by atoms with Crippen LogP contribution in [0.5, 0.6) is 0 Å². The lowest BCUT2D eigenvalue weighted by Gasteiger charge is -2.31. The van der Waals surface area contributed by atoms with Gasteiger partial charge in [0.25, 0.3) is 22.0 Å². The van der Waals surface area contributed by atoms with Crippen LogP contribution in [0.4, 0.5) is 11.6 Å². The third-order valence-corrected chi connectivity index (χ3v) is 12.2. The van der Waals surface area contributed by atoms with Gasteiger partial charge < -0.3 is 34.9 Å². The number of anilines is 2. The molecule has 2 aromatic rings. The topological polar surface area (TPSA) is 249 Å². The number of amides is 5. The molecule has 0 bridgehead atoms. The standard InChI is InChI=1S/C40H55N9O11S/c50-34(45-29-4-1-2-5-29)10-8-28-26-42-40(43-27-28)46-30-12-16-48(17-13-30)61(55,56)44-15-19-58-21-23-60-25-24-59-22-20-57-18-14-41-32-7-3-6-31-36(32)39(54)49(38(31)53)33-9-11-35(51)47-37(33)52/h3,6-8,10,26-27,29-30,33,41,44H,1-2,4-5,9,11-25H2,(H,45,50)(H,42,43,46)(H,47,51,52)/b10-8-. The van der Waals surface area contributed by atoms with Crippen molar-refractivity contribution in [3.63, 3.8) is 0 Å². The molecule has 3 aliphatic heterocycles. The Morgan fingerprint density at radius 2 is 1.44 bits per heavy atom. The first-order valence-corrected chi connectivity index (χ1v) is 22.2. The zero-order valence-corrected chi connectivity index (χ0v) is 34.9. The number of carbonyl (C=O) groups is 5. The van der Waals surface area contributed by atoms with Gasteiger partial charge in [0.2, 0.25) is 23.7 Å². The van der Waals surface area contributed by atoms with E-state index in [1.807, 2.05) is 0 Å². The van der Waals surface area contributed by atoms with Crippen molar-refractivity contribution in [1.29, 1.82) is 0 Å². The van der Waals surface area contributed by atoms with Crippen LogP contribution in [0.15, 0.2) is 36.7 Å². The quantitative estimate of drug-likeness (QED) is 0.0557. The van der Waals surface area contributed by atoms with Gasteiger partial charge in [-0.3, -0.25) is 34.2 Å². The fraction of sp³-hybridized carbons (Fsp3) is 0.575. The summed E-state index contributed by atoms with van der Waals surface area (Å²) in [7, 11) is -3.65. The summed E-state index contributed by atoms with van der Waals surface area (Å²) in [5.74, 6) is -1.90. The van der Waals surface area contributed by atoms with Gasteiger partial charge in [-0.15, -0.1) is 0 Å². The third kappa shape index (κ3) is 13.3. The van der Waals surface area contributed by atoms with E-state index < -0.39 is 39.9 Å². The highest BCUT2D eigenvalue weighted by molar-refractivity contribution is 7.87. The molecule has 1 aromatic carbocycles. The minimum absolute atomic E-state index is 0.0253. The van der Waals surface area contributed by atoms with E-state index in [1.165, 1.54) is 16.4 Å². The number of benzene rings is 1. The molecule has 61 heavy (non-hydrogen) atoms. The summed E-state index contributed by atoms with van der Waals surface area (Å²) in [6.45, 7) is 3.67. The molecule has 20 nitrogen and oxygen atoms in total. The number of fused-ring (bicyclic) bond motifs is 1. The van der Waals surface area contributed by atoms with Crippen molar-refractivity contribution in [1.82, 2.24) is 34.5 Å². The van der Waals surface area contributed by atoms with E-state index in [-0.39, 0.29) is 55.1 Å². The molecule has 0 radical (unpaired) electrons. The first-order chi connectivity index (χ1) is 29.6. The predicted molar refractivity (Wildman–Crippen MR) is 221 cm³/mol. The molecule has 1 aromatic heterocycles. The number of rotatable bonds is 24. The average Bonchev–Trinajstić information content (AvgIpc) is 3.85. The molecule has 3 fully saturated rings. The van der Waals surface area contributed by atoms with Crippen molar-refractivity contribution in [2.45, 2.75) is 69.5 Å². The first-order valence-electron chi connectivity index (χ1n) is 20.8. The maximum Gasteiger partial charge on any atom is 0.279 e. The normalized spacial score (nSPS) is 19.1. The Bertz CT molecular complexity index is 1970. The Labute approximate surface area is 355 Å². The van der Waals surface area contributed by atoms with Crippen LogP contribution in [0.3, 0.4) is 0 Å². The van der Waals surface area contributed by atoms with Crippen LogP contribution < -0.4 is 26.0 Å². The number of nitrogens with zero attached hydrogens (tertiary/aromatic N) is 4. The van der Waals surface area contributed by atoms with Gasteiger partial charge in [-0.1, -0.05) is 18.9 Å². The number of carbonyl (C=O) groups excluding carboxylic acids is 5. The van der Waals surface area contributed by atoms with E-state index in [0.717, 1.165) is 30.6 Å². The first kappa shape index (κ1) is 45.6. The Morgan fingerprint density at radius 1 is 0.803 bits per heavy atom. The highest BCUT2D eigenvalue weighted by atomic mass is 32.2. The van der Waals surface area contributed by atoms with Crippen molar-refractivity contribution in [3.8, 4) is 0 Å².